The fourth-order valence-electron chi connectivity index (χ4n) is 4.15. The van der Waals surface area contributed by atoms with E-state index in [-0.39, 0.29) is 12.6 Å². The Hall–Kier alpha value is -3.52. The highest BCUT2D eigenvalue weighted by molar-refractivity contribution is 7.92. The van der Waals surface area contributed by atoms with Crippen molar-refractivity contribution in [2.24, 2.45) is 0 Å². The number of carbonyl (C=O) groups excluding carboxylic acids is 1. The Balaban J connectivity index is 1.45. The monoisotopic (exact) mass is 494 g/mol. The first kappa shape index (κ1) is 24.6. The molecule has 1 atom stereocenters. The summed E-state index contributed by atoms with van der Waals surface area (Å²) in [5, 5.41) is 3.00. The Morgan fingerprint density at radius 2 is 1.69 bits per heavy atom. The number of ether oxygens (including phenoxy) is 2. The van der Waals surface area contributed by atoms with Crippen molar-refractivity contribution in [3.63, 3.8) is 0 Å². The van der Waals surface area contributed by atoms with Crippen LogP contribution in [0.4, 0.5) is 5.69 Å². The number of para-hydroxylation sites is 1. The zero-order valence-corrected chi connectivity index (χ0v) is 20.9. The molecule has 1 heterocycles. The molecule has 1 amide bonds. The van der Waals surface area contributed by atoms with Crippen LogP contribution in [0, 0.1) is 0 Å². The first-order chi connectivity index (χ1) is 16.6. The number of fused-ring (bicyclic) bond motifs is 1. The first-order valence-corrected chi connectivity index (χ1v) is 13.3. The first-order valence-electron chi connectivity index (χ1n) is 11.4. The molecule has 0 aliphatic carbocycles. The Kier molecular flexibility index (Phi) is 7.03. The molecule has 1 unspecified atom stereocenters. The molecule has 3 aromatic carbocycles. The lowest BCUT2D eigenvalue weighted by molar-refractivity contribution is -0.120. The second-order valence-electron chi connectivity index (χ2n) is 9.26. The molecule has 0 radical (unpaired) electrons. The maximum Gasteiger partial charge on any atom is 0.241 e. The Labute approximate surface area is 206 Å². The number of rotatable bonds is 8. The number of carbonyl (C=O) groups is 1. The summed E-state index contributed by atoms with van der Waals surface area (Å²) in [6.07, 6.45) is 1.66. The molecule has 1 aliphatic heterocycles. The van der Waals surface area contributed by atoms with Gasteiger partial charge >= 0.3 is 0 Å². The van der Waals surface area contributed by atoms with Crippen molar-refractivity contribution in [1.82, 2.24) is 5.32 Å². The summed E-state index contributed by atoms with van der Waals surface area (Å²) < 4.78 is 38.0. The Morgan fingerprint density at radius 3 is 2.37 bits per heavy atom. The highest BCUT2D eigenvalue weighted by Crippen LogP contribution is 2.39. The van der Waals surface area contributed by atoms with E-state index >= 15 is 0 Å². The van der Waals surface area contributed by atoms with Gasteiger partial charge in [-0.15, -0.1) is 0 Å². The van der Waals surface area contributed by atoms with E-state index in [4.69, 9.17) is 9.47 Å². The van der Waals surface area contributed by atoms with Crippen LogP contribution in [0.5, 0.6) is 11.5 Å². The summed E-state index contributed by atoms with van der Waals surface area (Å²) >= 11 is 0. The molecule has 1 aliphatic rings. The van der Waals surface area contributed by atoms with E-state index in [1.54, 1.807) is 24.3 Å². The summed E-state index contributed by atoms with van der Waals surface area (Å²) in [5.41, 5.74) is 1.84. The highest BCUT2D eigenvalue weighted by Gasteiger charge is 2.34. The topological polar surface area (TPSA) is 84.9 Å². The molecule has 0 saturated carbocycles. The second-order valence-corrected chi connectivity index (χ2v) is 11.2. The molecule has 184 valence electrons. The summed E-state index contributed by atoms with van der Waals surface area (Å²) in [6, 6.07) is 23.7. The summed E-state index contributed by atoms with van der Waals surface area (Å²) in [5.74, 6) is 0.939. The van der Waals surface area contributed by atoms with E-state index in [0.29, 0.717) is 24.5 Å². The average molecular weight is 495 g/mol. The van der Waals surface area contributed by atoms with Crippen molar-refractivity contribution in [3.8, 4) is 11.5 Å². The van der Waals surface area contributed by atoms with Crippen LogP contribution < -0.4 is 19.1 Å². The summed E-state index contributed by atoms with van der Waals surface area (Å²) in [4.78, 5) is 13.0. The molecular weight excluding hydrogens is 464 g/mol. The van der Waals surface area contributed by atoms with Crippen LogP contribution in [0.25, 0.3) is 0 Å². The predicted octanol–water partition coefficient (Wildman–Crippen LogP) is 4.45. The summed E-state index contributed by atoms with van der Waals surface area (Å²) in [7, 11) is -3.70. The van der Waals surface area contributed by atoms with Gasteiger partial charge in [-0.2, -0.15) is 0 Å². The molecular formula is C27H30N2O5S. The lowest BCUT2D eigenvalue weighted by Gasteiger charge is -2.38. The van der Waals surface area contributed by atoms with Gasteiger partial charge < -0.3 is 14.8 Å². The number of hydrogen-bond acceptors (Lipinski definition) is 5. The normalized spacial score (nSPS) is 16.5. The van der Waals surface area contributed by atoms with Gasteiger partial charge in [0.1, 0.15) is 30.3 Å². The number of sulfonamides is 1. The third-order valence-corrected chi connectivity index (χ3v) is 6.91. The summed E-state index contributed by atoms with van der Waals surface area (Å²) in [6.45, 7) is 4.00. The van der Waals surface area contributed by atoms with Crippen LogP contribution in [0.3, 0.4) is 0 Å². The number of nitrogens with one attached hydrogen (secondary N) is 1. The van der Waals surface area contributed by atoms with Gasteiger partial charge in [0, 0.05) is 12.0 Å². The fraction of sp³-hybridized carbons (Fsp3) is 0.296. The number of anilines is 1. The molecule has 3 aromatic rings. The van der Waals surface area contributed by atoms with E-state index in [9.17, 15) is 13.2 Å². The van der Waals surface area contributed by atoms with Crippen LogP contribution in [0.15, 0.2) is 78.9 Å². The second kappa shape index (κ2) is 10.00. The van der Waals surface area contributed by atoms with Gasteiger partial charge in [0.05, 0.1) is 18.0 Å². The van der Waals surface area contributed by atoms with Gasteiger partial charge in [0.2, 0.25) is 15.9 Å². The van der Waals surface area contributed by atoms with E-state index in [1.165, 1.54) is 0 Å². The smallest absolute Gasteiger partial charge is 0.241 e. The van der Waals surface area contributed by atoms with Gasteiger partial charge in [-0.3, -0.25) is 9.10 Å². The number of benzene rings is 3. The van der Waals surface area contributed by atoms with Gasteiger partial charge in [0.25, 0.3) is 0 Å². The van der Waals surface area contributed by atoms with Crippen LogP contribution in [-0.2, 0) is 21.4 Å². The minimum Gasteiger partial charge on any atom is -0.489 e. The van der Waals surface area contributed by atoms with Crippen molar-refractivity contribution in [3.05, 3.63) is 90.0 Å². The van der Waals surface area contributed by atoms with Crippen LogP contribution in [-0.4, -0.2) is 32.7 Å². The van der Waals surface area contributed by atoms with Crippen molar-refractivity contribution in [1.29, 1.82) is 0 Å². The highest BCUT2D eigenvalue weighted by atomic mass is 32.2. The largest absolute Gasteiger partial charge is 0.489 e. The molecule has 8 heteroatoms. The van der Waals surface area contributed by atoms with Crippen molar-refractivity contribution in [2.45, 2.75) is 38.5 Å². The quantitative estimate of drug-likeness (QED) is 0.500. The van der Waals surface area contributed by atoms with Gasteiger partial charge in [0.15, 0.2) is 0 Å². The SMILES string of the molecule is CC1(C)CC(NC(=O)CN(c2ccc(OCc3ccccc3)cc2)S(C)(=O)=O)c2ccccc2O1. The molecule has 4 rings (SSSR count). The maximum absolute atomic E-state index is 13.0. The molecule has 0 spiro atoms. The Morgan fingerprint density at radius 1 is 1.03 bits per heavy atom. The van der Waals surface area contributed by atoms with Gasteiger partial charge in [-0.05, 0) is 49.7 Å². The van der Waals surface area contributed by atoms with E-state index in [1.807, 2.05) is 68.4 Å². The van der Waals surface area contributed by atoms with Crippen molar-refractivity contribution < 1.29 is 22.7 Å². The zero-order valence-electron chi connectivity index (χ0n) is 20.1. The third kappa shape index (κ3) is 6.33. The number of nitrogens with zero attached hydrogens (tertiary/aromatic N) is 1. The maximum atomic E-state index is 13.0. The van der Waals surface area contributed by atoms with E-state index in [0.717, 1.165) is 27.4 Å². The lowest BCUT2D eigenvalue weighted by atomic mass is 9.89. The minimum absolute atomic E-state index is 0.280. The van der Waals surface area contributed by atoms with E-state index in [2.05, 4.69) is 5.32 Å². The molecule has 0 bridgehead atoms. The zero-order chi connectivity index (χ0) is 25.1. The Bertz CT molecular complexity index is 1270. The van der Waals surface area contributed by atoms with E-state index < -0.39 is 21.5 Å². The fourth-order valence-corrected chi connectivity index (χ4v) is 5.01. The standard InChI is InChI=1S/C27H30N2O5S/c1-27(2)17-24(23-11-7-8-12-25(23)34-27)28-26(30)18-29(35(3,31)32)21-13-15-22(16-14-21)33-19-20-9-5-4-6-10-20/h4-16,24H,17-19H2,1-3H3,(H,28,30). The lowest BCUT2D eigenvalue weighted by Crippen LogP contribution is -2.45. The van der Waals surface area contributed by atoms with Gasteiger partial charge in [-0.1, -0.05) is 48.5 Å². The van der Waals surface area contributed by atoms with Crippen molar-refractivity contribution >= 4 is 21.6 Å². The molecule has 35 heavy (non-hydrogen) atoms. The molecule has 1 N–H and O–H groups in total. The third-order valence-electron chi connectivity index (χ3n) is 5.77. The molecule has 7 nitrogen and oxygen atoms in total. The molecule has 0 saturated heterocycles. The van der Waals surface area contributed by atoms with Gasteiger partial charge in [-0.25, -0.2) is 8.42 Å². The number of amides is 1. The molecule has 0 fully saturated rings. The van der Waals surface area contributed by atoms with Crippen LogP contribution >= 0.6 is 0 Å². The number of hydrogen-bond donors (Lipinski definition) is 1. The predicted molar refractivity (Wildman–Crippen MR) is 136 cm³/mol. The average Bonchev–Trinajstić information content (AvgIpc) is 2.81. The van der Waals surface area contributed by atoms with Crippen LogP contribution in [0.2, 0.25) is 0 Å². The molecule has 0 aromatic heterocycles. The minimum atomic E-state index is -3.70. The van der Waals surface area contributed by atoms with Crippen LogP contribution in [0.1, 0.15) is 37.4 Å². The van der Waals surface area contributed by atoms with Crippen molar-refractivity contribution in [2.75, 3.05) is 17.1 Å².